The number of fused-ring (bicyclic) bond motifs is 1. The Bertz CT molecular complexity index is 1190. The molecule has 1 saturated heterocycles. The van der Waals surface area contributed by atoms with Crippen molar-refractivity contribution in [3.05, 3.63) is 58.5 Å². The van der Waals surface area contributed by atoms with E-state index in [2.05, 4.69) is 15.3 Å². The average molecular weight is 414 g/mol. The zero-order valence-electron chi connectivity index (χ0n) is 15.8. The maximum atomic E-state index is 12.5. The van der Waals surface area contributed by atoms with Crippen LogP contribution in [0.25, 0.3) is 11.0 Å². The van der Waals surface area contributed by atoms with E-state index < -0.39 is 10.0 Å². The van der Waals surface area contributed by atoms with Gasteiger partial charge in [-0.25, -0.2) is 13.2 Å². The summed E-state index contributed by atoms with van der Waals surface area (Å²) in [5.41, 5.74) is 2.51. The molecule has 0 unspecified atom stereocenters. The van der Waals surface area contributed by atoms with E-state index in [4.69, 9.17) is 0 Å². The zero-order chi connectivity index (χ0) is 20.4. The SMILES string of the molecule is O=C(CCc1ccc(S(=O)(=O)N2CCCC2)cc1)Nc1ccc2[nH]c(=O)[nH]c2c1. The highest BCUT2D eigenvalue weighted by Crippen LogP contribution is 2.21. The summed E-state index contributed by atoms with van der Waals surface area (Å²) < 4.78 is 26.6. The highest BCUT2D eigenvalue weighted by molar-refractivity contribution is 7.89. The third-order valence-corrected chi connectivity index (χ3v) is 6.98. The van der Waals surface area contributed by atoms with E-state index in [1.54, 1.807) is 42.5 Å². The van der Waals surface area contributed by atoms with Crippen molar-refractivity contribution in [2.24, 2.45) is 0 Å². The Hall–Kier alpha value is -2.91. The van der Waals surface area contributed by atoms with Crippen molar-refractivity contribution in [3.8, 4) is 0 Å². The van der Waals surface area contributed by atoms with Crippen molar-refractivity contribution in [3.63, 3.8) is 0 Å². The summed E-state index contributed by atoms with van der Waals surface area (Å²) in [7, 11) is -3.42. The van der Waals surface area contributed by atoms with Gasteiger partial charge in [-0.3, -0.25) is 4.79 Å². The van der Waals surface area contributed by atoms with Crippen molar-refractivity contribution in [2.45, 2.75) is 30.6 Å². The van der Waals surface area contributed by atoms with Crippen LogP contribution in [0.15, 0.2) is 52.2 Å². The third-order valence-electron chi connectivity index (χ3n) is 5.07. The molecule has 3 N–H and O–H groups in total. The number of amides is 1. The fourth-order valence-corrected chi connectivity index (χ4v) is 5.01. The molecule has 9 heteroatoms. The summed E-state index contributed by atoms with van der Waals surface area (Å²) in [5, 5.41) is 2.81. The van der Waals surface area contributed by atoms with Crippen molar-refractivity contribution < 1.29 is 13.2 Å². The first-order valence-corrected chi connectivity index (χ1v) is 11.0. The number of sulfonamides is 1. The number of hydrogen-bond acceptors (Lipinski definition) is 4. The van der Waals surface area contributed by atoms with Gasteiger partial charge in [0, 0.05) is 25.2 Å². The molecule has 0 atom stereocenters. The van der Waals surface area contributed by atoms with Crippen LogP contribution in [0.5, 0.6) is 0 Å². The molecule has 152 valence electrons. The van der Waals surface area contributed by atoms with E-state index in [9.17, 15) is 18.0 Å². The van der Waals surface area contributed by atoms with Crippen LogP contribution < -0.4 is 11.0 Å². The van der Waals surface area contributed by atoms with Crippen molar-refractivity contribution in [2.75, 3.05) is 18.4 Å². The second kappa shape index (κ2) is 7.84. The van der Waals surface area contributed by atoms with Gasteiger partial charge in [0.15, 0.2) is 0 Å². The van der Waals surface area contributed by atoms with Crippen LogP contribution >= 0.6 is 0 Å². The maximum Gasteiger partial charge on any atom is 0.323 e. The predicted molar refractivity (Wildman–Crippen MR) is 110 cm³/mol. The van der Waals surface area contributed by atoms with Crippen LogP contribution in [0, 0.1) is 0 Å². The molecule has 0 aliphatic carbocycles. The standard InChI is InChI=1S/C20H22N4O4S/c25-19(21-15-6-9-17-18(13-15)23-20(26)22-17)10-5-14-3-7-16(8-4-14)29(27,28)24-11-1-2-12-24/h3-4,6-9,13H,1-2,5,10-12H2,(H,21,25)(H2,22,23,26). The van der Waals surface area contributed by atoms with Gasteiger partial charge in [0.25, 0.3) is 0 Å². The van der Waals surface area contributed by atoms with Crippen molar-refractivity contribution in [1.82, 2.24) is 14.3 Å². The number of nitrogens with zero attached hydrogens (tertiary/aromatic N) is 1. The summed E-state index contributed by atoms with van der Waals surface area (Å²) in [4.78, 5) is 29.1. The molecule has 1 amide bonds. The van der Waals surface area contributed by atoms with Crippen LogP contribution in [0.3, 0.4) is 0 Å². The minimum absolute atomic E-state index is 0.156. The van der Waals surface area contributed by atoms with Crippen molar-refractivity contribution >= 4 is 32.7 Å². The van der Waals surface area contributed by atoms with E-state index in [1.165, 1.54) is 4.31 Å². The number of nitrogens with one attached hydrogen (secondary N) is 3. The lowest BCUT2D eigenvalue weighted by molar-refractivity contribution is -0.116. The largest absolute Gasteiger partial charge is 0.326 e. The molecule has 0 spiro atoms. The number of anilines is 1. The molecule has 2 heterocycles. The second-order valence-electron chi connectivity index (χ2n) is 7.14. The lowest BCUT2D eigenvalue weighted by Gasteiger charge is -2.15. The number of aromatic amines is 2. The Morgan fingerprint density at radius 2 is 1.69 bits per heavy atom. The van der Waals surface area contributed by atoms with Gasteiger partial charge in [-0.1, -0.05) is 12.1 Å². The molecular weight excluding hydrogens is 392 g/mol. The van der Waals surface area contributed by atoms with Crippen LogP contribution in [-0.4, -0.2) is 41.7 Å². The molecule has 8 nitrogen and oxygen atoms in total. The number of aryl methyl sites for hydroxylation is 1. The Labute approximate surface area is 168 Å². The van der Waals surface area contributed by atoms with Gasteiger partial charge < -0.3 is 15.3 Å². The van der Waals surface area contributed by atoms with Gasteiger partial charge in [0.1, 0.15) is 0 Å². The quantitative estimate of drug-likeness (QED) is 0.573. The molecule has 0 radical (unpaired) electrons. The third kappa shape index (κ3) is 4.25. The Balaban J connectivity index is 1.35. The average Bonchev–Trinajstić information content (AvgIpc) is 3.36. The van der Waals surface area contributed by atoms with E-state index in [0.717, 1.165) is 18.4 Å². The first-order chi connectivity index (χ1) is 13.9. The number of carbonyl (C=O) groups is 1. The van der Waals surface area contributed by atoms with E-state index >= 15 is 0 Å². The number of imidazole rings is 1. The lowest BCUT2D eigenvalue weighted by Crippen LogP contribution is -2.27. The van der Waals surface area contributed by atoms with Crippen LogP contribution in [-0.2, 0) is 21.2 Å². The topological polar surface area (TPSA) is 115 Å². The summed E-state index contributed by atoms with van der Waals surface area (Å²) in [6, 6.07) is 11.9. The smallest absolute Gasteiger partial charge is 0.323 e. The Morgan fingerprint density at radius 1 is 1.00 bits per heavy atom. The molecule has 1 fully saturated rings. The number of benzene rings is 2. The van der Waals surface area contributed by atoms with Gasteiger partial charge in [-0.2, -0.15) is 4.31 Å². The first kappa shape index (κ1) is 19.4. The molecule has 3 aromatic rings. The highest BCUT2D eigenvalue weighted by Gasteiger charge is 2.26. The van der Waals surface area contributed by atoms with Gasteiger partial charge in [0.2, 0.25) is 15.9 Å². The predicted octanol–water partition coefficient (Wildman–Crippen LogP) is 2.21. The second-order valence-corrected chi connectivity index (χ2v) is 9.08. The van der Waals surface area contributed by atoms with Gasteiger partial charge in [-0.15, -0.1) is 0 Å². The normalized spacial score (nSPS) is 15.0. The lowest BCUT2D eigenvalue weighted by atomic mass is 10.1. The monoisotopic (exact) mass is 414 g/mol. The molecule has 0 saturated carbocycles. The number of aromatic nitrogens is 2. The molecule has 2 aromatic carbocycles. The molecule has 0 bridgehead atoms. The van der Waals surface area contributed by atoms with Crippen LogP contribution in [0.2, 0.25) is 0 Å². The molecule has 29 heavy (non-hydrogen) atoms. The Kier molecular flexibility index (Phi) is 5.25. The van der Waals surface area contributed by atoms with E-state index in [0.29, 0.717) is 41.1 Å². The van der Waals surface area contributed by atoms with Gasteiger partial charge >= 0.3 is 5.69 Å². The van der Waals surface area contributed by atoms with E-state index in [-0.39, 0.29) is 18.0 Å². The molecule has 4 rings (SSSR count). The Morgan fingerprint density at radius 3 is 2.41 bits per heavy atom. The van der Waals surface area contributed by atoms with Gasteiger partial charge in [0.05, 0.1) is 15.9 Å². The molecule has 1 aromatic heterocycles. The summed E-state index contributed by atoms with van der Waals surface area (Å²) in [5.74, 6) is -0.156. The number of carbonyl (C=O) groups excluding carboxylic acids is 1. The number of H-pyrrole nitrogens is 2. The number of hydrogen-bond donors (Lipinski definition) is 3. The highest BCUT2D eigenvalue weighted by atomic mass is 32.2. The maximum absolute atomic E-state index is 12.5. The van der Waals surface area contributed by atoms with Crippen LogP contribution in [0.1, 0.15) is 24.8 Å². The molecule has 1 aliphatic heterocycles. The fourth-order valence-electron chi connectivity index (χ4n) is 3.50. The first-order valence-electron chi connectivity index (χ1n) is 9.53. The zero-order valence-corrected chi connectivity index (χ0v) is 16.6. The van der Waals surface area contributed by atoms with E-state index in [1.807, 2.05) is 0 Å². The minimum atomic E-state index is -3.42. The van der Waals surface area contributed by atoms with Crippen LogP contribution in [0.4, 0.5) is 5.69 Å². The molecule has 1 aliphatic rings. The van der Waals surface area contributed by atoms with Gasteiger partial charge in [-0.05, 0) is 55.2 Å². The molecular formula is C20H22N4O4S. The fraction of sp³-hybridized carbons (Fsp3) is 0.300. The summed E-state index contributed by atoms with van der Waals surface area (Å²) in [6.45, 7) is 1.15. The van der Waals surface area contributed by atoms with Crippen molar-refractivity contribution in [1.29, 1.82) is 0 Å². The summed E-state index contributed by atoms with van der Waals surface area (Å²) >= 11 is 0. The summed E-state index contributed by atoms with van der Waals surface area (Å²) in [6.07, 6.45) is 2.57. The minimum Gasteiger partial charge on any atom is -0.326 e. The number of rotatable bonds is 6.